The average molecular weight is 399 g/mol. The van der Waals surface area contributed by atoms with Crippen molar-refractivity contribution in [3.8, 4) is 11.5 Å². The molecule has 8 heteroatoms. The summed E-state index contributed by atoms with van der Waals surface area (Å²) < 4.78 is 20.5. The third-order valence-electron chi connectivity index (χ3n) is 4.35. The predicted octanol–water partition coefficient (Wildman–Crippen LogP) is 4.11. The van der Waals surface area contributed by atoms with Gasteiger partial charge in [-0.3, -0.25) is 4.79 Å². The third kappa shape index (κ3) is 3.61. The van der Waals surface area contributed by atoms with Crippen LogP contribution in [0.15, 0.2) is 53.1 Å². The monoisotopic (exact) mass is 398 g/mol. The van der Waals surface area contributed by atoms with Crippen LogP contribution in [-0.4, -0.2) is 20.7 Å². The Balaban J connectivity index is 1.55. The smallest absolute Gasteiger partial charge is 0.249 e. The Morgan fingerprint density at radius 1 is 1.25 bits per heavy atom. The van der Waals surface area contributed by atoms with Gasteiger partial charge in [-0.25, -0.2) is 4.39 Å². The summed E-state index contributed by atoms with van der Waals surface area (Å²) in [7, 11) is 0. The van der Waals surface area contributed by atoms with Crippen LogP contribution in [0.1, 0.15) is 11.5 Å². The lowest BCUT2D eigenvalue weighted by atomic mass is 10.2. The summed E-state index contributed by atoms with van der Waals surface area (Å²) in [5, 5.41) is 12.0. The fourth-order valence-corrected chi connectivity index (χ4v) is 3.26. The molecule has 2 heterocycles. The van der Waals surface area contributed by atoms with E-state index < -0.39 is 5.82 Å². The Morgan fingerprint density at radius 2 is 2.07 bits per heavy atom. The van der Waals surface area contributed by atoms with E-state index in [1.54, 1.807) is 13.0 Å². The van der Waals surface area contributed by atoms with Crippen molar-refractivity contribution in [3.05, 3.63) is 71.0 Å². The van der Waals surface area contributed by atoms with Crippen LogP contribution >= 0.6 is 11.6 Å². The SMILES string of the molecule is Cc1nnc(-c2cn(CC(=O)NCc3ccc(F)cc3Cl)c3ccccc23)o1. The molecule has 1 amide bonds. The maximum absolute atomic E-state index is 13.1. The summed E-state index contributed by atoms with van der Waals surface area (Å²) in [5.41, 5.74) is 2.30. The second-order valence-corrected chi connectivity index (χ2v) is 6.73. The number of nitrogens with one attached hydrogen (secondary N) is 1. The molecule has 0 aliphatic rings. The van der Waals surface area contributed by atoms with Crippen LogP contribution < -0.4 is 5.32 Å². The quantitative estimate of drug-likeness (QED) is 0.549. The summed E-state index contributed by atoms with van der Waals surface area (Å²) in [6.45, 7) is 2.04. The summed E-state index contributed by atoms with van der Waals surface area (Å²) in [5.74, 6) is 0.267. The molecule has 0 atom stereocenters. The van der Waals surface area contributed by atoms with Gasteiger partial charge in [0.1, 0.15) is 12.4 Å². The number of hydrogen-bond acceptors (Lipinski definition) is 4. The van der Waals surface area contributed by atoms with Gasteiger partial charge in [-0.05, 0) is 23.8 Å². The lowest BCUT2D eigenvalue weighted by Crippen LogP contribution is -2.27. The Kier molecular flexibility index (Phi) is 4.83. The van der Waals surface area contributed by atoms with E-state index >= 15 is 0 Å². The van der Waals surface area contributed by atoms with Crippen LogP contribution in [0.25, 0.3) is 22.4 Å². The van der Waals surface area contributed by atoms with Crippen molar-refractivity contribution in [2.75, 3.05) is 0 Å². The third-order valence-corrected chi connectivity index (χ3v) is 4.70. The number of para-hydroxylation sites is 1. The number of hydrogen-bond donors (Lipinski definition) is 1. The lowest BCUT2D eigenvalue weighted by molar-refractivity contribution is -0.121. The van der Waals surface area contributed by atoms with Crippen molar-refractivity contribution < 1.29 is 13.6 Å². The molecule has 1 N–H and O–H groups in total. The van der Waals surface area contributed by atoms with Crippen LogP contribution in [0, 0.1) is 12.7 Å². The van der Waals surface area contributed by atoms with Gasteiger partial charge in [0.2, 0.25) is 17.7 Å². The van der Waals surface area contributed by atoms with Gasteiger partial charge in [0.15, 0.2) is 0 Å². The minimum Gasteiger partial charge on any atom is -0.421 e. The molecule has 6 nitrogen and oxygen atoms in total. The summed E-state index contributed by atoms with van der Waals surface area (Å²) in [6.07, 6.45) is 1.82. The maximum Gasteiger partial charge on any atom is 0.249 e. The molecule has 0 saturated carbocycles. The summed E-state index contributed by atoms with van der Waals surface area (Å²) in [4.78, 5) is 12.5. The number of fused-ring (bicyclic) bond motifs is 1. The molecule has 0 radical (unpaired) electrons. The molecule has 2 aromatic carbocycles. The van der Waals surface area contributed by atoms with E-state index in [-0.39, 0.29) is 24.0 Å². The molecule has 0 fully saturated rings. The van der Waals surface area contributed by atoms with Crippen LogP contribution in [0.2, 0.25) is 5.02 Å². The van der Waals surface area contributed by atoms with Crippen molar-refractivity contribution in [2.24, 2.45) is 0 Å². The zero-order chi connectivity index (χ0) is 19.7. The van der Waals surface area contributed by atoms with E-state index in [0.29, 0.717) is 17.3 Å². The summed E-state index contributed by atoms with van der Waals surface area (Å²) in [6, 6.07) is 11.8. The molecule has 0 aliphatic carbocycles. The number of nitrogens with zero attached hydrogens (tertiary/aromatic N) is 3. The molecule has 0 spiro atoms. The average Bonchev–Trinajstić information content (AvgIpc) is 3.25. The summed E-state index contributed by atoms with van der Waals surface area (Å²) >= 11 is 6.00. The standard InChI is InChI=1S/C20H16ClFN4O2/c1-12-24-25-20(28-12)16-10-26(18-5-3-2-4-15(16)18)11-19(27)23-9-13-6-7-14(22)8-17(13)21/h2-8,10H,9,11H2,1H3,(H,23,27). The van der Waals surface area contributed by atoms with Gasteiger partial charge >= 0.3 is 0 Å². The molecule has 0 saturated heterocycles. The Morgan fingerprint density at radius 3 is 2.82 bits per heavy atom. The van der Waals surface area contributed by atoms with Gasteiger partial charge < -0.3 is 14.3 Å². The molecular weight excluding hydrogens is 383 g/mol. The number of amides is 1. The first-order chi connectivity index (χ1) is 13.5. The molecule has 4 rings (SSSR count). The molecular formula is C20H16ClFN4O2. The minimum absolute atomic E-state index is 0.104. The van der Waals surface area contributed by atoms with E-state index in [1.807, 2.05) is 35.0 Å². The van der Waals surface area contributed by atoms with E-state index in [1.165, 1.54) is 12.1 Å². The molecule has 28 heavy (non-hydrogen) atoms. The van der Waals surface area contributed by atoms with Crippen LogP contribution in [0.4, 0.5) is 4.39 Å². The number of benzene rings is 2. The van der Waals surface area contributed by atoms with E-state index in [0.717, 1.165) is 16.5 Å². The van der Waals surface area contributed by atoms with Gasteiger partial charge in [0.25, 0.3) is 0 Å². The largest absolute Gasteiger partial charge is 0.421 e. The van der Waals surface area contributed by atoms with Gasteiger partial charge in [-0.15, -0.1) is 10.2 Å². The fourth-order valence-electron chi connectivity index (χ4n) is 3.02. The number of rotatable bonds is 5. The number of aromatic nitrogens is 3. The van der Waals surface area contributed by atoms with Crippen molar-refractivity contribution in [1.29, 1.82) is 0 Å². The number of carbonyl (C=O) groups excluding carboxylic acids is 1. The van der Waals surface area contributed by atoms with Crippen molar-refractivity contribution in [3.63, 3.8) is 0 Å². The number of carbonyl (C=O) groups is 1. The van der Waals surface area contributed by atoms with Gasteiger partial charge in [-0.2, -0.15) is 0 Å². The molecule has 0 bridgehead atoms. The molecule has 0 unspecified atom stereocenters. The van der Waals surface area contributed by atoms with Crippen LogP contribution in [0.5, 0.6) is 0 Å². The topological polar surface area (TPSA) is 73.0 Å². The first kappa shape index (κ1) is 18.2. The highest BCUT2D eigenvalue weighted by molar-refractivity contribution is 6.31. The normalized spacial score (nSPS) is 11.1. The Hall–Kier alpha value is -3.19. The first-order valence-corrected chi connectivity index (χ1v) is 8.98. The van der Waals surface area contributed by atoms with E-state index in [2.05, 4.69) is 15.5 Å². The van der Waals surface area contributed by atoms with Crippen molar-refractivity contribution in [2.45, 2.75) is 20.0 Å². The highest BCUT2D eigenvalue weighted by atomic mass is 35.5. The Labute approximate surface area is 164 Å². The molecule has 142 valence electrons. The highest BCUT2D eigenvalue weighted by Gasteiger charge is 2.16. The maximum atomic E-state index is 13.1. The number of halogens is 2. The van der Waals surface area contributed by atoms with Crippen LogP contribution in [-0.2, 0) is 17.9 Å². The van der Waals surface area contributed by atoms with Crippen LogP contribution in [0.3, 0.4) is 0 Å². The molecule has 0 aliphatic heterocycles. The van der Waals surface area contributed by atoms with Gasteiger partial charge in [-0.1, -0.05) is 35.9 Å². The second kappa shape index (κ2) is 7.44. The highest BCUT2D eigenvalue weighted by Crippen LogP contribution is 2.29. The minimum atomic E-state index is -0.414. The number of aryl methyl sites for hydroxylation is 1. The predicted molar refractivity (Wildman–Crippen MR) is 103 cm³/mol. The molecule has 2 aromatic heterocycles. The van der Waals surface area contributed by atoms with E-state index in [9.17, 15) is 9.18 Å². The lowest BCUT2D eigenvalue weighted by Gasteiger charge is -2.09. The van der Waals surface area contributed by atoms with Gasteiger partial charge in [0.05, 0.1) is 5.56 Å². The fraction of sp³-hybridized carbons (Fsp3) is 0.150. The van der Waals surface area contributed by atoms with Crippen molar-refractivity contribution >= 4 is 28.4 Å². The van der Waals surface area contributed by atoms with E-state index in [4.69, 9.17) is 16.0 Å². The second-order valence-electron chi connectivity index (χ2n) is 6.33. The zero-order valence-electron chi connectivity index (χ0n) is 14.9. The zero-order valence-corrected chi connectivity index (χ0v) is 15.7. The Bertz CT molecular complexity index is 1170. The molecule has 4 aromatic rings. The van der Waals surface area contributed by atoms with Crippen molar-refractivity contribution in [1.82, 2.24) is 20.1 Å². The van der Waals surface area contributed by atoms with Gasteiger partial charge in [0, 0.05) is 35.6 Å². The first-order valence-electron chi connectivity index (χ1n) is 8.60.